The van der Waals surface area contributed by atoms with Gasteiger partial charge in [0, 0.05) is 7.05 Å². The van der Waals surface area contributed by atoms with Crippen molar-refractivity contribution < 1.29 is 0 Å². The first-order chi connectivity index (χ1) is 9.22. The highest BCUT2D eigenvalue weighted by atomic mass is 32.2. The van der Waals surface area contributed by atoms with Gasteiger partial charge in [0.15, 0.2) is 5.16 Å². The van der Waals surface area contributed by atoms with E-state index in [0.29, 0.717) is 16.3 Å². The predicted molar refractivity (Wildman–Crippen MR) is 64.3 cm³/mol. The van der Waals surface area contributed by atoms with Crippen molar-refractivity contribution in [3.05, 3.63) is 19.0 Å². The SMILES string of the molecule is Cn1ncnc1Sc1nc(N)nc(-n2cncn2)n1. The van der Waals surface area contributed by atoms with Gasteiger partial charge in [0.25, 0.3) is 5.95 Å². The lowest BCUT2D eigenvalue weighted by molar-refractivity contribution is 0.682. The molecule has 10 nitrogen and oxygen atoms in total. The summed E-state index contributed by atoms with van der Waals surface area (Å²) in [5.74, 6) is 0.403. The van der Waals surface area contributed by atoms with E-state index in [2.05, 4.69) is 35.1 Å². The van der Waals surface area contributed by atoms with Gasteiger partial charge in [-0.1, -0.05) is 0 Å². The minimum absolute atomic E-state index is 0.102. The average Bonchev–Trinajstić information content (AvgIpc) is 3.01. The van der Waals surface area contributed by atoms with Crippen LogP contribution in [-0.4, -0.2) is 44.5 Å². The van der Waals surface area contributed by atoms with Crippen LogP contribution in [0.25, 0.3) is 5.95 Å². The van der Waals surface area contributed by atoms with Gasteiger partial charge >= 0.3 is 0 Å². The number of hydrogen-bond donors (Lipinski definition) is 1. The molecule has 0 amide bonds. The fourth-order valence-electron chi connectivity index (χ4n) is 1.28. The fraction of sp³-hybridized carbons (Fsp3) is 0.125. The Balaban J connectivity index is 1.96. The van der Waals surface area contributed by atoms with Gasteiger partial charge in [0.05, 0.1) is 0 Å². The van der Waals surface area contributed by atoms with Crippen molar-refractivity contribution in [1.82, 2.24) is 44.5 Å². The van der Waals surface area contributed by atoms with Crippen molar-refractivity contribution in [1.29, 1.82) is 0 Å². The van der Waals surface area contributed by atoms with Crippen LogP contribution in [0.4, 0.5) is 5.95 Å². The molecule has 0 fully saturated rings. The first-order valence-electron chi connectivity index (χ1n) is 5.11. The van der Waals surface area contributed by atoms with Crippen molar-refractivity contribution in [2.45, 2.75) is 10.3 Å². The van der Waals surface area contributed by atoms with Crippen LogP contribution in [0.2, 0.25) is 0 Å². The van der Waals surface area contributed by atoms with Crippen molar-refractivity contribution in [2.24, 2.45) is 7.05 Å². The highest BCUT2D eigenvalue weighted by molar-refractivity contribution is 7.99. The summed E-state index contributed by atoms with van der Waals surface area (Å²) >= 11 is 1.23. The zero-order chi connectivity index (χ0) is 13.2. The third-order valence-corrected chi connectivity index (χ3v) is 3.01. The molecule has 0 unspecified atom stereocenters. The Morgan fingerprint density at radius 2 is 2.05 bits per heavy atom. The quantitative estimate of drug-likeness (QED) is 0.661. The Hall–Kier alpha value is -2.56. The van der Waals surface area contributed by atoms with E-state index in [1.54, 1.807) is 11.7 Å². The molecule has 0 atom stereocenters. The number of nitrogens with two attached hydrogens (primary N) is 1. The lowest BCUT2D eigenvalue weighted by Crippen LogP contribution is -2.08. The predicted octanol–water partition coefficient (Wildman–Crippen LogP) is -0.686. The standard InChI is InChI=1S/C8H8N10S/c1-17-8(11-3-12-17)19-7-15-5(9)14-6(16-7)18-4-10-2-13-18/h2-4H,1H3,(H2,9,14,15,16). The molecule has 3 aromatic rings. The molecule has 0 bridgehead atoms. The number of rotatable bonds is 3. The second-order valence-electron chi connectivity index (χ2n) is 3.38. The molecule has 0 radical (unpaired) electrons. The molecule has 0 aliphatic heterocycles. The lowest BCUT2D eigenvalue weighted by atomic mass is 10.9. The molecule has 2 N–H and O–H groups in total. The monoisotopic (exact) mass is 276 g/mol. The van der Waals surface area contributed by atoms with E-state index in [0.717, 1.165) is 0 Å². The van der Waals surface area contributed by atoms with Crippen molar-refractivity contribution in [3.63, 3.8) is 0 Å². The normalized spacial score (nSPS) is 10.8. The molecular formula is C8H8N10S. The second kappa shape index (κ2) is 4.61. The van der Waals surface area contributed by atoms with Gasteiger partial charge in [-0.05, 0) is 11.8 Å². The van der Waals surface area contributed by atoms with Gasteiger partial charge in [-0.15, -0.1) is 0 Å². The van der Waals surface area contributed by atoms with Crippen LogP contribution in [-0.2, 0) is 7.05 Å². The van der Waals surface area contributed by atoms with Crippen LogP contribution in [0.5, 0.6) is 0 Å². The number of hydrogen-bond acceptors (Lipinski definition) is 9. The van der Waals surface area contributed by atoms with E-state index in [4.69, 9.17) is 5.73 Å². The summed E-state index contributed by atoms with van der Waals surface area (Å²) in [5, 5.41) is 8.96. The van der Waals surface area contributed by atoms with Crippen LogP contribution in [0, 0.1) is 0 Å². The van der Waals surface area contributed by atoms with Gasteiger partial charge in [-0.25, -0.2) is 14.6 Å². The number of aryl methyl sites for hydroxylation is 1. The summed E-state index contributed by atoms with van der Waals surface area (Å²) in [5.41, 5.74) is 5.65. The van der Waals surface area contributed by atoms with E-state index in [-0.39, 0.29) is 5.95 Å². The first kappa shape index (κ1) is 11.5. The first-order valence-corrected chi connectivity index (χ1v) is 5.92. The van der Waals surface area contributed by atoms with E-state index in [1.807, 2.05) is 0 Å². The Morgan fingerprint density at radius 1 is 1.16 bits per heavy atom. The van der Waals surface area contributed by atoms with Crippen LogP contribution in [0.15, 0.2) is 29.3 Å². The average molecular weight is 276 g/mol. The molecule has 19 heavy (non-hydrogen) atoms. The molecular weight excluding hydrogens is 268 g/mol. The molecule has 3 rings (SSSR count). The molecule has 0 saturated carbocycles. The molecule has 0 spiro atoms. The molecule has 0 aliphatic carbocycles. The summed E-state index contributed by atoms with van der Waals surface area (Å²) in [6.45, 7) is 0. The summed E-state index contributed by atoms with van der Waals surface area (Å²) in [7, 11) is 1.78. The zero-order valence-corrected chi connectivity index (χ0v) is 10.6. The van der Waals surface area contributed by atoms with Crippen molar-refractivity contribution in [3.8, 4) is 5.95 Å². The molecule has 0 aliphatic rings. The van der Waals surface area contributed by atoms with Crippen LogP contribution in [0.3, 0.4) is 0 Å². The third-order valence-electron chi connectivity index (χ3n) is 2.10. The molecule has 11 heteroatoms. The number of aromatic nitrogens is 9. The molecule has 0 saturated heterocycles. The molecule has 0 aromatic carbocycles. The summed E-state index contributed by atoms with van der Waals surface area (Å²) in [4.78, 5) is 20.2. The van der Waals surface area contributed by atoms with Crippen molar-refractivity contribution >= 4 is 17.7 Å². The van der Waals surface area contributed by atoms with E-state index in [1.165, 1.54) is 35.4 Å². The summed E-state index contributed by atoms with van der Waals surface area (Å²) < 4.78 is 3.01. The zero-order valence-electron chi connectivity index (χ0n) is 9.74. The summed E-state index contributed by atoms with van der Waals surface area (Å²) in [6, 6.07) is 0. The molecule has 96 valence electrons. The van der Waals surface area contributed by atoms with Crippen LogP contribution < -0.4 is 5.73 Å². The highest BCUT2D eigenvalue weighted by Gasteiger charge is 2.11. The van der Waals surface area contributed by atoms with Crippen LogP contribution in [0.1, 0.15) is 0 Å². The second-order valence-corrected chi connectivity index (χ2v) is 4.32. The Morgan fingerprint density at radius 3 is 2.74 bits per heavy atom. The molecule has 3 aromatic heterocycles. The topological polar surface area (TPSA) is 126 Å². The Bertz CT molecular complexity index is 689. The third kappa shape index (κ3) is 2.35. The fourth-order valence-corrected chi connectivity index (χ4v) is 1.99. The Labute approximate surface area is 111 Å². The van der Waals surface area contributed by atoms with Gasteiger partial charge in [-0.3, -0.25) is 0 Å². The number of nitrogen functional groups attached to an aromatic ring is 1. The van der Waals surface area contributed by atoms with E-state index in [9.17, 15) is 0 Å². The number of anilines is 1. The van der Waals surface area contributed by atoms with E-state index < -0.39 is 0 Å². The number of nitrogens with zero attached hydrogens (tertiary/aromatic N) is 9. The van der Waals surface area contributed by atoms with Gasteiger partial charge in [0.2, 0.25) is 11.1 Å². The maximum atomic E-state index is 5.65. The van der Waals surface area contributed by atoms with E-state index >= 15 is 0 Å². The molecule has 3 heterocycles. The smallest absolute Gasteiger partial charge is 0.257 e. The maximum Gasteiger partial charge on any atom is 0.257 e. The maximum absolute atomic E-state index is 5.65. The highest BCUT2D eigenvalue weighted by Crippen LogP contribution is 2.22. The minimum Gasteiger partial charge on any atom is -0.368 e. The van der Waals surface area contributed by atoms with Gasteiger partial charge < -0.3 is 5.73 Å². The van der Waals surface area contributed by atoms with Gasteiger partial charge in [0.1, 0.15) is 19.0 Å². The Kier molecular flexibility index (Phi) is 2.79. The lowest BCUT2D eigenvalue weighted by Gasteiger charge is -2.03. The largest absolute Gasteiger partial charge is 0.368 e. The van der Waals surface area contributed by atoms with Gasteiger partial charge in [-0.2, -0.15) is 29.8 Å². The van der Waals surface area contributed by atoms with Crippen molar-refractivity contribution in [2.75, 3.05) is 5.73 Å². The summed E-state index contributed by atoms with van der Waals surface area (Å²) in [6.07, 6.45) is 4.31. The van der Waals surface area contributed by atoms with Crippen LogP contribution >= 0.6 is 11.8 Å². The minimum atomic E-state index is 0.102.